The Balaban J connectivity index is 2.14. The fourth-order valence-corrected chi connectivity index (χ4v) is 2.59. The second kappa shape index (κ2) is 5.78. The van der Waals surface area contributed by atoms with Crippen LogP contribution in [0.1, 0.15) is 38.3 Å². The third kappa shape index (κ3) is 2.77. The highest BCUT2D eigenvalue weighted by molar-refractivity contribution is 5.47. The topological polar surface area (TPSA) is 82.2 Å². The number of nitrogens with zero attached hydrogens (tertiary/aromatic N) is 3. The zero-order valence-electron chi connectivity index (χ0n) is 12.4. The Bertz CT molecular complexity index is 492. The molecule has 112 valence electrons. The summed E-state index contributed by atoms with van der Waals surface area (Å²) in [6, 6.07) is 0. The van der Waals surface area contributed by atoms with Crippen LogP contribution in [0.2, 0.25) is 0 Å². The zero-order valence-corrected chi connectivity index (χ0v) is 12.4. The van der Waals surface area contributed by atoms with E-state index in [0.717, 1.165) is 19.4 Å². The fourth-order valence-electron chi connectivity index (χ4n) is 2.59. The van der Waals surface area contributed by atoms with E-state index in [0.29, 0.717) is 11.6 Å². The summed E-state index contributed by atoms with van der Waals surface area (Å²) in [6.45, 7) is 4.75. The van der Waals surface area contributed by atoms with Crippen LogP contribution in [-0.2, 0) is 7.05 Å². The van der Waals surface area contributed by atoms with Gasteiger partial charge < -0.3 is 10.1 Å². The molecule has 20 heavy (non-hydrogen) atoms. The zero-order chi connectivity index (χ0) is 14.9. The van der Waals surface area contributed by atoms with Gasteiger partial charge in [0.25, 0.3) is 5.88 Å². The molecule has 1 fully saturated rings. The van der Waals surface area contributed by atoms with Crippen LogP contribution in [0.15, 0.2) is 0 Å². The SMILES string of the molecule is CNCC1CC(Oc2c([N+](=O)[O-])c(C(C)C)nn2C)C1. The summed E-state index contributed by atoms with van der Waals surface area (Å²) in [4.78, 5) is 10.9. The van der Waals surface area contributed by atoms with Gasteiger partial charge in [0.1, 0.15) is 11.8 Å². The fraction of sp³-hybridized carbons (Fsp3) is 0.769. The molecule has 1 N–H and O–H groups in total. The first-order chi connectivity index (χ1) is 9.43. The van der Waals surface area contributed by atoms with Gasteiger partial charge in [0.2, 0.25) is 0 Å². The molecule has 0 aliphatic heterocycles. The smallest absolute Gasteiger partial charge is 0.353 e. The number of nitro groups is 1. The van der Waals surface area contributed by atoms with Crippen molar-refractivity contribution in [2.45, 2.75) is 38.7 Å². The number of rotatable bonds is 6. The summed E-state index contributed by atoms with van der Waals surface area (Å²) in [6.07, 6.45) is 1.92. The van der Waals surface area contributed by atoms with Gasteiger partial charge in [-0.25, -0.2) is 4.68 Å². The van der Waals surface area contributed by atoms with E-state index in [-0.39, 0.29) is 28.5 Å². The van der Waals surface area contributed by atoms with Crippen molar-refractivity contribution < 1.29 is 9.66 Å². The first kappa shape index (κ1) is 14.8. The van der Waals surface area contributed by atoms with Crippen LogP contribution < -0.4 is 10.1 Å². The predicted molar refractivity (Wildman–Crippen MR) is 75.0 cm³/mol. The highest BCUT2D eigenvalue weighted by atomic mass is 16.6. The average Bonchev–Trinajstić information content (AvgIpc) is 2.64. The minimum Gasteiger partial charge on any atom is -0.470 e. The van der Waals surface area contributed by atoms with Gasteiger partial charge in [0, 0.05) is 13.0 Å². The lowest BCUT2D eigenvalue weighted by atomic mass is 9.82. The summed E-state index contributed by atoms with van der Waals surface area (Å²) in [7, 11) is 3.62. The Morgan fingerprint density at radius 1 is 1.55 bits per heavy atom. The molecule has 1 aliphatic carbocycles. The third-order valence-electron chi connectivity index (χ3n) is 3.69. The number of aryl methyl sites for hydroxylation is 1. The van der Waals surface area contributed by atoms with E-state index in [1.54, 1.807) is 7.05 Å². The van der Waals surface area contributed by atoms with Crippen molar-refractivity contribution in [2.75, 3.05) is 13.6 Å². The Morgan fingerprint density at radius 2 is 2.20 bits per heavy atom. The lowest BCUT2D eigenvalue weighted by molar-refractivity contribution is -0.387. The van der Waals surface area contributed by atoms with Gasteiger partial charge in [-0.3, -0.25) is 10.1 Å². The second-order valence-corrected chi connectivity index (χ2v) is 5.71. The maximum Gasteiger partial charge on any atom is 0.353 e. The van der Waals surface area contributed by atoms with Gasteiger partial charge in [-0.1, -0.05) is 13.8 Å². The summed E-state index contributed by atoms with van der Waals surface area (Å²) in [5.41, 5.74) is 0.498. The lowest BCUT2D eigenvalue weighted by Gasteiger charge is -2.34. The van der Waals surface area contributed by atoms with Gasteiger partial charge in [-0.05, 0) is 32.4 Å². The van der Waals surface area contributed by atoms with E-state index in [1.165, 1.54) is 4.68 Å². The minimum absolute atomic E-state index is 0.00243. The summed E-state index contributed by atoms with van der Waals surface area (Å²) in [5.74, 6) is 0.880. The van der Waals surface area contributed by atoms with Crippen LogP contribution in [0.25, 0.3) is 0 Å². The Morgan fingerprint density at radius 3 is 2.70 bits per heavy atom. The van der Waals surface area contributed by atoms with Gasteiger partial charge in [-0.2, -0.15) is 5.10 Å². The van der Waals surface area contributed by atoms with Crippen LogP contribution in [0, 0.1) is 16.0 Å². The highest BCUT2D eigenvalue weighted by Crippen LogP contribution is 2.38. The standard InChI is InChI=1S/C13H22N4O3/c1-8(2)11-12(17(18)19)13(16(4)15-11)20-10-5-9(6-10)7-14-3/h8-10,14H,5-7H2,1-4H3. The molecule has 1 aromatic rings. The quantitative estimate of drug-likeness (QED) is 0.636. The van der Waals surface area contributed by atoms with E-state index in [9.17, 15) is 10.1 Å². The van der Waals surface area contributed by atoms with Gasteiger partial charge in [0.15, 0.2) is 0 Å². The molecule has 0 spiro atoms. The van der Waals surface area contributed by atoms with E-state index < -0.39 is 0 Å². The van der Waals surface area contributed by atoms with Crippen LogP contribution in [0.4, 0.5) is 5.69 Å². The second-order valence-electron chi connectivity index (χ2n) is 5.71. The molecular formula is C13H22N4O3. The Labute approximate surface area is 118 Å². The van der Waals surface area contributed by atoms with Crippen molar-refractivity contribution in [3.05, 3.63) is 15.8 Å². The third-order valence-corrected chi connectivity index (χ3v) is 3.69. The Kier molecular flexibility index (Phi) is 4.27. The maximum absolute atomic E-state index is 11.3. The minimum atomic E-state index is -0.387. The molecule has 2 rings (SSSR count). The van der Waals surface area contributed by atoms with E-state index >= 15 is 0 Å². The molecule has 0 unspecified atom stereocenters. The lowest BCUT2D eigenvalue weighted by Crippen LogP contribution is -2.39. The molecule has 0 aromatic carbocycles. The molecule has 1 aromatic heterocycles. The normalized spacial score (nSPS) is 21.9. The maximum atomic E-state index is 11.3. The van der Waals surface area contributed by atoms with Crippen LogP contribution >= 0.6 is 0 Å². The number of aromatic nitrogens is 2. The molecular weight excluding hydrogens is 260 g/mol. The molecule has 7 heteroatoms. The van der Waals surface area contributed by atoms with Crippen molar-refractivity contribution in [1.29, 1.82) is 0 Å². The van der Waals surface area contributed by atoms with Crippen molar-refractivity contribution in [3.63, 3.8) is 0 Å². The van der Waals surface area contributed by atoms with Crippen molar-refractivity contribution in [3.8, 4) is 5.88 Å². The van der Waals surface area contributed by atoms with E-state index in [4.69, 9.17) is 4.74 Å². The number of hydrogen-bond donors (Lipinski definition) is 1. The first-order valence-corrected chi connectivity index (χ1v) is 6.96. The molecule has 0 bridgehead atoms. The van der Waals surface area contributed by atoms with Crippen LogP contribution in [0.3, 0.4) is 0 Å². The number of ether oxygens (including phenoxy) is 1. The summed E-state index contributed by atoms with van der Waals surface area (Å²) in [5, 5.41) is 18.6. The monoisotopic (exact) mass is 282 g/mol. The predicted octanol–water partition coefficient (Wildman–Crippen LogP) is 1.83. The van der Waals surface area contributed by atoms with Crippen molar-refractivity contribution in [2.24, 2.45) is 13.0 Å². The van der Waals surface area contributed by atoms with Gasteiger partial charge in [0.05, 0.1) is 4.92 Å². The first-order valence-electron chi connectivity index (χ1n) is 6.96. The van der Waals surface area contributed by atoms with Gasteiger partial charge in [-0.15, -0.1) is 0 Å². The van der Waals surface area contributed by atoms with Gasteiger partial charge >= 0.3 is 5.69 Å². The van der Waals surface area contributed by atoms with Crippen molar-refractivity contribution >= 4 is 5.69 Å². The molecule has 7 nitrogen and oxygen atoms in total. The summed E-state index contributed by atoms with van der Waals surface area (Å²) >= 11 is 0. The summed E-state index contributed by atoms with van der Waals surface area (Å²) < 4.78 is 7.30. The molecule has 0 saturated heterocycles. The van der Waals surface area contributed by atoms with E-state index in [1.807, 2.05) is 20.9 Å². The van der Waals surface area contributed by atoms with Crippen LogP contribution in [0.5, 0.6) is 5.88 Å². The average molecular weight is 282 g/mol. The molecule has 1 heterocycles. The molecule has 1 saturated carbocycles. The Hall–Kier alpha value is -1.63. The number of nitrogens with one attached hydrogen (secondary N) is 1. The largest absolute Gasteiger partial charge is 0.470 e. The molecule has 0 amide bonds. The molecule has 1 aliphatic rings. The van der Waals surface area contributed by atoms with Crippen LogP contribution in [-0.4, -0.2) is 34.4 Å². The highest BCUT2D eigenvalue weighted by Gasteiger charge is 2.36. The van der Waals surface area contributed by atoms with Crippen molar-refractivity contribution in [1.82, 2.24) is 15.1 Å². The molecule has 0 atom stereocenters. The number of hydrogen-bond acceptors (Lipinski definition) is 5. The van der Waals surface area contributed by atoms with E-state index in [2.05, 4.69) is 10.4 Å². The molecule has 0 radical (unpaired) electrons.